The zero-order valence-electron chi connectivity index (χ0n) is 15.9. The number of hydrogen-bond donors (Lipinski definition) is 1. The number of aryl methyl sites for hydroxylation is 1. The van der Waals surface area contributed by atoms with Gasteiger partial charge in [-0.05, 0) is 48.6 Å². The van der Waals surface area contributed by atoms with Crippen molar-refractivity contribution in [2.75, 3.05) is 13.1 Å². The van der Waals surface area contributed by atoms with Crippen LogP contribution in [0.2, 0.25) is 0 Å². The molecule has 6 nitrogen and oxygen atoms in total. The monoisotopic (exact) mass is 447 g/mol. The average Bonchev–Trinajstić information content (AvgIpc) is 3.36. The molecule has 152 valence electrons. The minimum atomic E-state index is -3.65. The lowest BCUT2D eigenvalue weighted by molar-refractivity contribution is 0.0954. The molecule has 1 aliphatic heterocycles. The van der Waals surface area contributed by atoms with Gasteiger partial charge in [-0.25, -0.2) is 13.4 Å². The van der Waals surface area contributed by atoms with Gasteiger partial charge in [0.2, 0.25) is 10.0 Å². The van der Waals surface area contributed by atoms with Gasteiger partial charge in [0.25, 0.3) is 5.91 Å². The van der Waals surface area contributed by atoms with E-state index in [0.717, 1.165) is 22.7 Å². The maximum atomic E-state index is 13.1. The van der Waals surface area contributed by atoms with Gasteiger partial charge in [0, 0.05) is 41.9 Å². The second-order valence-electron chi connectivity index (χ2n) is 6.85. The van der Waals surface area contributed by atoms with Crippen LogP contribution in [0.3, 0.4) is 0 Å². The van der Waals surface area contributed by atoms with Crippen LogP contribution in [0.1, 0.15) is 31.5 Å². The van der Waals surface area contributed by atoms with Crippen LogP contribution >= 0.6 is 22.7 Å². The Morgan fingerprint density at radius 1 is 1.28 bits per heavy atom. The predicted octanol–water partition coefficient (Wildman–Crippen LogP) is 3.23. The summed E-state index contributed by atoms with van der Waals surface area (Å²) in [7, 11) is -3.65. The first-order valence-electron chi connectivity index (χ1n) is 9.28. The Balaban J connectivity index is 1.44. The summed E-state index contributed by atoms with van der Waals surface area (Å²) in [5.41, 5.74) is 2.35. The van der Waals surface area contributed by atoms with E-state index in [1.807, 2.05) is 23.8 Å². The van der Waals surface area contributed by atoms with E-state index in [-0.39, 0.29) is 10.8 Å². The van der Waals surface area contributed by atoms with Crippen molar-refractivity contribution in [2.45, 2.75) is 31.2 Å². The molecule has 0 aliphatic carbocycles. The second-order valence-corrected chi connectivity index (χ2v) is 10.9. The molecular formula is C20H21N3O3S3. The number of benzene rings is 1. The third kappa shape index (κ3) is 4.42. The van der Waals surface area contributed by atoms with Crippen LogP contribution in [-0.4, -0.2) is 36.7 Å². The minimum Gasteiger partial charge on any atom is -0.352 e. The van der Waals surface area contributed by atoms with Crippen LogP contribution in [0, 0.1) is 6.92 Å². The first kappa shape index (κ1) is 20.2. The topological polar surface area (TPSA) is 79.4 Å². The summed E-state index contributed by atoms with van der Waals surface area (Å²) in [4.78, 5) is 18.3. The zero-order valence-corrected chi connectivity index (χ0v) is 18.4. The van der Waals surface area contributed by atoms with Crippen molar-refractivity contribution >= 4 is 38.6 Å². The lowest BCUT2D eigenvalue weighted by Crippen LogP contribution is -2.35. The predicted molar refractivity (Wildman–Crippen MR) is 115 cm³/mol. The summed E-state index contributed by atoms with van der Waals surface area (Å²) in [6, 6.07) is 8.24. The molecule has 0 atom stereocenters. The smallest absolute Gasteiger partial charge is 0.251 e. The largest absolute Gasteiger partial charge is 0.352 e. The fourth-order valence-corrected chi connectivity index (χ4v) is 6.31. The molecule has 1 N–H and O–H groups in total. The van der Waals surface area contributed by atoms with Gasteiger partial charge in [0.1, 0.15) is 0 Å². The van der Waals surface area contributed by atoms with Gasteiger partial charge in [-0.3, -0.25) is 4.79 Å². The highest BCUT2D eigenvalue weighted by atomic mass is 32.2. The number of nitrogens with one attached hydrogen (secondary N) is 1. The van der Waals surface area contributed by atoms with Crippen molar-refractivity contribution in [3.63, 3.8) is 0 Å². The molecule has 2 aromatic heterocycles. The Labute approximate surface area is 178 Å². The molecule has 0 radical (unpaired) electrons. The van der Waals surface area contributed by atoms with Crippen molar-refractivity contribution < 1.29 is 13.2 Å². The lowest BCUT2D eigenvalue weighted by atomic mass is 10.1. The van der Waals surface area contributed by atoms with Gasteiger partial charge in [0.15, 0.2) is 0 Å². The van der Waals surface area contributed by atoms with E-state index in [1.54, 1.807) is 40.9 Å². The first-order valence-corrected chi connectivity index (χ1v) is 12.5. The molecule has 0 spiro atoms. The highest BCUT2D eigenvalue weighted by Gasteiger charge is 2.29. The standard InChI is InChI=1S/C20H21N3O3S3/c1-14-22-17(13-28-14)5-8-21-20(24)15-3-2-4-18(11-15)29(25,26)23-9-6-19-16(12-23)7-10-27-19/h2-4,7,10-11,13H,5-6,8-9,12H2,1H3,(H,21,24). The maximum Gasteiger partial charge on any atom is 0.251 e. The third-order valence-electron chi connectivity index (χ3n) is 4.84. The molecule has 1 aromatic carbocycles. The number of carbonyl (C=O) groups is 1. The molecule has 0 bridgehead atoms. The molecule has 1 amide bonds. The van der Waals surface area contributed by atoms with E-state index >= 15 is 0 Å². The molecule has 0 saturated carbocycles. The fourth-order valence-electron chi connectivity index (χ4n) is 3.30. The summed E-state index contributed by atoms with van der Waals surface area (Å²) >= 11 is 3.25. The summed E-state index contributed by atoms with van der Waals surface area (Å²) in [6.45, 7) is 3.23. The van der Waals surface area contributed by atoms with E-state index in [0.29, 0.717) is 31.6 Å². The van der Waals surface area contributed by atoms with Crippen LogP contribution in [0.5, 0.6) is 0 Å². The molecule has 0 saturated heterocycles. The van der Waals surface area contributed by atoms with Crippen molar-refractivity contribution in [1.29, 1.82) is 0 Å². The summed E-state index contributed by atoms with van der Waals surface area (Å²) < 4.78 is 27.7. The lowest BCUT2D eigenvalue weighted by Gasteiger charge is -2.26. The Morgan fingerprint density at radius 3 is 2.93 bits per heavy atom. The van der Waals surface area contributed by atoms with Crippen LogP contribution in [-0.2, 0) is 29.4 Å². The maximum absolute atomic E-state index is 13.1. The highest BCUT2D eigenvalue weighted by Crippen LogP contribution is 2.28. The van der Waals surface area contributed by atoms with E-state index < -0.39 is 10.0 Å². The number of nitrogens with zero attached hydrogens (tertiary/aromatic N) is 2. The second kappa shape index (κ2) is 8.35. The van der Waals surface area contributed by atoms with E-state index in [9.17, 15) is 13.2 Å². The van der Waals surface area contributed by atoms with Gasteiger partial charge in [-0.2, -0.15) is 4.31 Å². The molecule has 9 heteroatoms. The van der Waals surface area contributed by atoms with Crippen LogP contribution in [0.25, 0.3) is 0 Å². The Kier molecular flexibility index (Phi) is 5.82. The van der Waals surface area contributed by atoms with Crippen molar-refractivity contribution in [3.8, 4) is 0 Å². The number of sulfonamides is 1. The average molecular weight is 448 g/mol. The van der Waals surface area contributed by atoms with Gasteiger partial charge in [-0.1, -0.05) is 6.07 Å². The van der Waals surface area contributed by atoms with Crippen molar-refractivity contribution in [2.24, 2.45) is 0 Å². The van der Waals surface area contributed by atoms with E-state index in [1.165, 1.54) is 15.2 Å². The Morgan fingerprint density at radius 2 is 2.14 bits per heavy atom. The molecule has 29 heavy (non-hydrogen) atoms. The van der Waals surface area contributed by atoms with Crippen molar-refractivity contribution in [3.05, 3.63) is 67.8 Å². The first-order chi connectivity index (χ1) is 13.9. The molecule has 3 aromatic rings. The number of thiazole rings is 1. The summed E-state index contributed by atoms with van der Waals surface area (Å²) in [6.07, 6.45) is 1.37. The van der Waals surface area contributed by atoms with Crippen LogP contribution < -0.4 is 5.32 Å². The van der Waals surface area contributed by atoms with Gasteiger partial charge >= 0.3 is 0 Å². The number of hydrogen-bond acceptors (Lipinski definition) is 6. The SMILES string of the molecule is Cc1nc(CCNC(=O)c2cccc(S(=O)(=O)N3CCc4sccc4C3)c2)cs1. The Hall–Kier alpha value is -2.07. The van der Waals surface area contributed by atoms with E-state index in [2.05, 4.69) is 10.3 Å². The quantitative estimate of drug-likeness (QED) is 0.629. The molecular weight excluding hydrogens is 426 g/mol. The molecule has 0 fully saturated rings. The van der Waals surface area contributed by atoms with E-state index in [4.69, 9.17) is 0 Å². The van der Waals surface area contributed by atoms with Gasteiger partial charge in [-0.15, -0.1) is 22.7 Å². The summed E-state index contributed by atoms with van der Waals surface area (Å²) in [5.74, 6) is -0.284. The van der Waals surface area contributed by atoms with Gasteiger partial charge < -0.3 is 5.32 Å². The summed E-state index contributed by atoms with van der Waals surface area (Å²) in [5, 5.41) is 7.82. The zero-order chi connectivity index (χ0) is 20.4. The van der Waals surface area contributed by atoms with Crippen molar-refractivity contribution in [1.82, 2.24) is 14.6 Å². The number of fused-ring (bicyclic) bond motifs is 1. The molecule has 0 unspecified atom stereocenters. The normalized spacial score (nSPS) is 14.5. The fraction of sp³-hybridized carbons (Fsp3) is 0.300. The minimum absolute atomic E-state index is 0.152. The molecule has 1 aliphatic rings. The molecule has 4 rings (SSSR count). The number of thiophene rings is 1. The Bertz CT molecular complexity index is 1130. The third-order valence-corrected chi connectivity index (χ3v) is 8.53. The number of carbonyl (C=O) groups excluding carboxylic acids is 1. The van der Waals surface area contributed by atoms with Crippen LogP contribution in [0.15, 0.2) is 46.0 Å². The number of aromatic nitrogens is 1. The highest BCUT2D eigenvalue weighted by molar-refractivity contribution is 7.89. The van der Waals surface area contributed by atoms with Gasteiger partial charge in [0.05, 0.1) is 15.6 Å². The van der Waals surface area contributed by atoms with Crippen LogP contribution in [0.4, 0.5) is 0 Å². The number of rotatable bonds is 6. The number of amides is 1. The molecule has 3 heterocycles.